The molecule has 2 aliphatic rings. The van der Waals surface area contributed by atoms with Crippen LogP contribution < -0.4 is 5.32 Å². The van der Waals surface area contributed by atoms with Crippen LogP contribution in [0.25, 0.3) is 0 Å². The van der Waals surface area contributed by atoms with E-state index < -0.39 is 11.7 Å². The molecule has 0 unspecified atom stereocenters. The monoisotopic (exact) mass is 464 g/mol. The maximum atomic E-state index is 12.8. The Bertz CT molecular complexity index is 979. The van der Waals surface area contributed by atoms with Crippen LogP contribution in [0.2, 0.25) is 0 Å². The van der Waals surface area contributed by atoms with E-state index in [4.69, 9.17) is 0 Å². The van der Waals surface area contributed by atoms with Gasteiger partial charge in [-0.1, -0.05) is 23.9 Å². The number of carbonyl (C=O) groups is 2. The Morgan fingerprint density at radius 1 is 1.16 bits per heavy atom. The molecule has 10 heteroatoms. The Hall–Kier alpha value is -2.62. The minimum atomic E-state index is -4.40. The number of likely N-dealkylation sites (tertiary alicyclic amines) is 1. The summed E-state index contributed by atoms with van der Waals surface area (Å²) in [5, 5.41) is 3.34. The lowest BCUT2D eigenvalue weighted by Gasteiger charge is -2.32. The largest absolute Gasteiger partial charge is 0.416 e. The number of alkyl halides is 3. The first-order chi connectivity index (χ1) is 15.3. The number of piperidine rings is 1. The molecule has 6 nitrogen and oxygen atoms in total. The number of halogens is 3. The second-order valence-corrected chi connectivity index (χ2v) is 9.18. The van der Waals surface area contributed by atoms with Crippen molar-refractivity contribution in [3.05, 3.63) is 53.9 Å². The van der Waals surface area contributed by atoms with Gasteiger partial charge in [0.2, 0.25) is 11.8 Å². The molecule has 0 bridgehead atoms. The molecule has 2 heterocycles. The van der Waals surface area contributed by atoms with Crippen molar-refractivity contribution in [1.29, 1.82) is 0 Å². The van der Waals surface area contributed by atoms with Crippen molar-refractivity contribution in [3.8, 4) is 0 Å². The number of hydrogen-bond donors (Lipinski definition) is 1. The molecule has 1 saturated carbocycles. The number of benzene rings is 1. The summed E-state index contributed by atoms with van der Waals surface area (Å²) in [5.41, 5.74) is -0.394. The van der Waals surface area contributed by atoms with Gasteiger partial charge in [0.1, 0.15) is 0 Å². The third-order valence-corrected chi connectivity index (χ3v) is 7.07. The number of thioether (sulfide) groups is 1. The Kier molecular flexibility index (Phi) is 6.41. The molecule has 1 aromatic carbocycles. The van der Waals surface area contributed by atoms with E-state index in [1.165, 1.54) is 17.8 Å². The smallest absolute Gasteiger partial charge is 0.352 e. The fourth-order valence-corrected chi connectivity index (χ4v) is 4.93. The van der Waals surface area contributed by atoms with E-state index in [2.05, 4.69) is 15.3 Å². The first-order valence-corrected chi connectivity index (χ1v) is 11.4. The van der Waals surface area contributed by atoms with Crippen molar-refractivity contribution in [2.45, 2.75) is 37.1 Å². The second-order valence-electron chi connectivity index (χ2n) is 8.24. The summed E-state index contributed by atoms with van der Waals surface area (Å²) in [5.74, 6) is 0.0397. The molecule has 2 fully saturated rings. The van der Waals surface area contributed by atoms with Gasteiger partial charge in [-0.2, -0.15) is 13.2 Å². The van der Waals surface area contributed by atoms with E-state index in [-0.39, 0.29) is 35.4 Å². The van der Waals surface area contributed by atoms with Crippen LogP contribution in [0, 0.1) is 11.3 Å². The molecule has 1 atom stereocenters. The van der Waals surface area contributed by atoms with Crippen LogP contribution in [0.15, 0.2) is 47.9 Å². The Labute approximate surface area is 188 Å². The van der Waals surface area contributed by atoms with Gasteiger partial charge in [-0.3, -0.25) is 9.59 Å². The van der Waals surface area contributed by atoms with Crippen LogP contribution in [0.5, 0.6) is 0 Å². The van der Waals surface area contributed by atoms with Crippen molar-refractivity contribution in [2.24, 2.45) is 11.3 Å². The van der Waals surface area contributed by atoms with Gasteiger partial charge >= 0.3 is 6.18 Å². The first-order valence-electron chi connectivity index (χ1n) is 10.4. The molecule has 1 aromatic heterocycles. The first kappa shape index (κ1) is 22.6. The lowest BCUT2D eigenvalue weighted by atomic mass is 9.90. The van der Waals surface area contributed by atoms with Gasteiger partial charge in [-0.05, 0) is 48.4 Å². The SMILES string of the molecule is O=C(NCc1cccc(C(F)(F)F)c1)[C@H]1CC12CCN(C(=O)CSc1ncccn1)CC2. The highest BCUT2D eigenvalue weighted by Gasteiger charge is 2.58. The molecule has 2 amide bonds. The van der Waals surface area contributed by atoms with Crippen molar-refractivity contribution in [2.75, 3.05) is 18.8 Å². The highest BCUT2D eigenvalue weighted by molar-refractivity contribution is 7.99. The fraction of sp³-hybridized carbons (Fsp3) is 0.455. The van der Waals surface area contributed by atoms with E-state index in [9.17, 15) is 22.8 Å². The summed E-state index contributed by atoms with van der Waals surface area (Å²) in [6.45, 7) is 1.28. The summed E-state index contributed by atoms with van der Waals surface area (Å²) in [6.07, 6.45) is 1.14. The number of nitrogens with one attached hydrogen (secondary N) is 1. The van der Waals surface area contributed by atoms with Gasteiger partial charge in [0.15, 0.2) is 5.16 Å². The molecule has 170 valence electrons. The van der Waals surface area contributed by atoms with E-state index in [1.807, 2.05) is 4.90 Å². The Morgan fingerprint density at radius 2 is 1.88 bits per heavy atom. The molecular weight excluding hydrogens is 441 g/mol. The van der Waals surface area contributed by atoms with Crippen LogP contribution in [0.1, 0.15) is 30.4 Å². The standard InChI is InChI=1S/C22H23F3N4O2S/c23-22(24,25)16-4-1-3-15(11-16)13-28-19(31)17-12-21(17)5-9-29(10-6-21)18(30)14-32-20-26-7-2-8-27-20/h1-4,7-8,11,17H,5-6,9-10,12-14H2,(H,28,31)/t17-/m1/s1. The molecule has 0 radical (unpaired) electrons. The van der Waals surface area contributed by atoms with Crippen LogP contribution in [-0.4, -0.2) is 45.5 Å². The summed E-state index contributed by atoms with van der Waals surface area (Å²) in [4.78, 5) is 35.1. The number of hydrogen-bond acceptors (Lipinski definition) is 5. The van der Waals surface area contributed by atoms with Crippen molar-refractivity contribution in [3.63, 3.8) is 0 Å². The summed E-state index contributed by atoms with van der Waals surface area (Å²) in [7, 11) is 0. The molecule has 1 N–H and O–H groups in total. The third-order valence-electron chi connectivity index (χ3n) is 6.21. The lowest BCUT2D eigenvalue weighted by Crippen LogP contribution is -2.41. The van der Waals surface area contributed by atoms with Gasteiger partial charge in [-0.15, -0.1) is 0 Å². The lowest BCUT2D eigenvalue weighted by molar-refractivity contribution is -0.137. The van der Waals surface area contributed by atoms with Crippen molar-refractivity contribution < 1.29 is 22.8 Å². The van der Waals surface area contributed by atoms with Gasteiger partial charge < -0.3 is 10.2 Å². The topological polar surface area (TPSA) is 75.2 Å². The normalized spacial score (nSPS) is 19.6. The quantitative estimate of drug-likeness (QED) is 0.523. The summed E-state index contributed by atoms with van der Waals surface area (Å²) in [6, 6.07) is 6.71. The fourth-order valence-electron chi connectivity index (χ4n) is 4.22. The average molecular weight is 465 g/mol. The molecule has 32 heavy (non-hydrogen) atoms. The maximum Gasteiger partial charge on any atom is 0.416 e. The van der Waals surface area contributed by atoms with Crippen molar-refractivity contribution in [1.82, 2.24) is 20.2 Å². The minimum absolute atomic E-state index is 0.0310. The van der Waals surface area contributed by atoms with Crippen LogP contribution in [0.4, 0.5) is 13.2 Å². The predicted octanol–water partition coefficient (Wildman–Crippen LogP) is 3.53. The average Bonchev–Trinajstić information content (AvgIpc) is 3.50. The zero-order valence-corrected chi connectivity index (χ0v) is 18.1. The molecule has 1 spiro atoms. The van der Waals surface area contributed by atoms with Crippen molar-refractivity contribution >= 4 is 23.6 Å². The number of nitrogens with zero attached hydrogens (tertiary/aromatic N) is 3. The highest BCUT2D eigenvalue weighted by Crippen LogP contribution is 2.59. The van der Waals surface area contributed by atoms with E-state index in [0.717, 1.165) is 31.4 Å². The number of aromatic nitrogens is 2. The van der Waals surface area contributed by atoms with Crippen LogP contribution in [0.3, 0.4) is 0 Å². The summed E-state index contributed by atoms with van der Waals surface area (Å²) >= 11 is 1.30. The minimum Gasteiger partial charge on any atom is -0.352 e. The molecule has 2 aromatic rings. The number of amides is 2. The van der Waals surface area contributed by atoms with Crippen LogP contribution in [-0.2, 0) is 22.3 Å². The van der Waals surface area contributed by atoms with Gasteiger partial charge in [0.05, 0.1) is 11.3 Å². The van der Waals surface area contributed by atoms with Gasteiger partial charge in [0.25, 0.3) is 0 Å². The predicted molar refractivity (Wildman–Crippen MR) is 112 cm³/mol. The van der Waals surface area contributed by atoms with Crippen LogP contribution >= 0.6 is 11.8 Å². The molecule has 1 saturated heterocycles. The molecule has 4 rings (SSSR count). The van der Waals surface area contributed by atoms with E-state index in [1.54, 1.807) is 24.5 Å². The zero-order chi connectivity index (χ0) is 22.8. The van der Waals surface area contributed by atoms with Gasteiger partial charge in [-0.25, -0.2) is 9.97 Å². The number of rotatable bonds is 6. The zero-order valence-electron chi connectivity index (χ0n) is 17.3. The van der Waals surface area contributed by atoms with E-state index in [0.29, 0.717) is 23.8 Å². The van der Waals surface area contributed by atoms with Gasteiger partial charge in [0, 0.05) is 37.9 Å². The molecular formula is C22H23F3N4O2S. The number of carbonyl (C=O) groups excluding carboxylic acids is 2. The Balaban J connectivity index is 1.22. The molecule has 1 aliphatic heterocycles. The highest BCUT2D eigenvalue weighted by atomic mass is 32.2. The maximum absolute atomic E-state index is 12.8. The third kappa shape index (κ3) is 5.23. The Morgan fingerprint density at radius 3 is 2.56 bits per heavy atom. The summed E-state index contributed by atoms with van der Waals surface area (Å²) < 4.78 is 38.5. The second kappa shape index (κ2) is 9.09. The molecule has 1 aliphatic carbocycles. The van der Waals surface area contributed by atoms with E-state index >= 15 is 0 Å².